The third kappa shape index (κ3) is 4.00. The highest BCUT2D eigenvalue weighted by Crippen LogP contribution is 2.35. The lowest BCUT2D eigenvalue weighted by atomic mass is 10.2. The van der Waals surface area contributed by atoms with Gasteiger partial charge in [0.15, 0.2) is 0 Å². The van der Waals surface area contributed by atoms with Gasteiger partial charge in [0.25, 0.3) is 0 Å². The number of hydrogen-bond acceptors (Lipinski definition) is 4. The molecule has 0 fully saturated rings. The van der Waals surface area contributed by atoms with Gasteiger partial charge in [0.05, 0.1) is 18.0 Å². The van der Waals surface area contributed by atoms with Crippen molar-refractivity contribution in [2.24, 2.45) is 0 Å². The first kappa shape index (κ1) is 15.8. The Kier molecular flexibility index (Phi) is 5.10. The molecule has 0 bridgehead atoms. The molecular weight excluding hydrogens is 332 g/mol. The molecule has 0 aliphatic heterocycles. The number of imidazole rings is 1. The Bertz CT molecular complexity index is 824. The van der Waals surface area contributed by atoms with E-state index in [1.54, 1.807) is 29.9 Å². The highest BCUT2D eigenvalue weighted by molar-refractivity contribution is 7.20. The van der Waals surface area contributed by atoms with E-state index in [1.807, 2.05) is 35.0 Å². The molecule has 0 amide bonds. The second-order valence-electron chi connectivity index (χ2n) is 4.93. The molecule has 0 saturated carbocycles. The summed E-state index contributed by atoms with van der Waals surface area (Å²) in [7, 11) is 0. The maximum Gasteiger partial charge on any atom is 0.330 e. The first-order chi connectivity index (χ1) is 11.2. The van der Waals surface area contributed by atoms with Crippen LogP contribution < -0.4 is 0 Å². The molecule has 2 aromatic heterocycles. The molecule has 23 heavy (non-hydrogen) atoms. The summed E-state index contributed by atoms with van der Waals surface area (Å²) in [6.45, 7) is 1.15. The standard InChI is InChI=1S/C17H15ClN2O2S/c18-17-13-4-1-2-5-14(13)23-15(17)6-7-16(21)22-11-3-9-20-10-8-19-12-20/h1-2,4-8,10,12H,3,9,11H2/b7-6+. The molecule has 4 nitrogen and oxygen atoms in total. The maximum absolute atomic E-state index is 11.7. The fourth-order valence-electron chi connectivity index (χ4n) is 2.17. The highest BCUT2D eigenvalue weighted by Gasteiger charge is 2.07. The third-order valence-electron chi connectivity index (χ3n) is 3.29. The van der Waals surface area contributed by atoms with Crippen LogP contribution in [0.3, 0.4) is 0 Å². The van der Waals surface area contributed by atoms with E-state index in [0.717, 1.165) is 27.9 Å². The van der Waals surface area contributed by atoms with E-state index < -0.39 is 0 Å². The van der Waals surface area contributed by atoms with Crippen molar-refractivity contribution in [2.45, 2.75) is 13.0 Å². The predicted octanol–water partition coefficient (Wildman–Crippen LogP) is 4.40. The zero-order valence-corrected chi connectivity index (χ0v) is 13.9. The Hall–Kier alpha value is -2.11. The molecule has 6 heteroatoms. The minimum Gasteiger partial charge on any atom is -0.462 e. The number of rotatable bonds is 6. The van der Waals surface area contributed by atoms with Crippen LogP contribution in [-0.4, -0.2) is 22.1 Å². The van der Waals surface area contributed by atoms with Gasteiger partial charge in [-0.15, -0.1) is 11.3 Å². The lowest BCUT2D eigenvalue weighted by Crippen LogP contribution is -2.05. The van der Waals surface area contributed by atoms with Gasteiger partial charge in [-0.3, -0.25) is 0 Å². The molecule has 0 radical (unpaired) electrons. The Morgan fingerprint density at radius 3 is 3.04 bits per heavy atom. The van der Waals surface area contributed by atoms with Gasteiger partial charge in [0.2, 0.25) is 0 Å². The molecule has 0 spiro atoms. The summed E-state index contributed by atoms with van der Waals surface area (Å²) in [6, 6.07) is 7.90. The number of fused-ring (bicyclic) bond motifs is 1. The second-order valence-corrected chi connectivity index (χ2v) is 6.39. The molecule has 0 unspecified atom stereocenters. The number of ether oxygens (including phenoxy) is 1. The van der Waals surface area contributed by atoms with Gasteiger partial charge in [-0.2, -0.15) is 0 Å². The maximum atomic E-state index is 11.7. The zero-order valence-electron chi connectivity index (χ0n) is 12.3. The summed E-state index contributed by atoms with van der Waals surface area (Å²) in [4.78, 5) is 16.6. The Morgan fingerprint density at radius 2 is 2.26 bits per heavy atom. The van der Waals surface area contributed by atoms with E-state index in [0.29, 0.717) is 11.6 Å². The first-order valence-electron chi connectivity index (χ1n) is 7.21. The van der Waals surface area contributed by atoms with Crippen molar-refractivity contribution in [3.05, 3.63) is 59.0 Å². The van der Waals surface area contributed by atoms with Gasteiger partial charge in [0, 0.05) is 40.0 Å². The van der Waals surface area contributed by atoms with Gasteiger partial charge < -0.3 is 9.30 Å². The summed E-state index contributed by atoms with van der Waals surface area (Å²) in [5.41, 5.74) is 0. The molecule has 0 N–H and O–H groups in total. The number of aryl methyl sites for hydroxylation is 1. The van der Waals surface area contributed by atoms with Crippen molar-refractivity contribution in [1.82, 2.24) is 9.55 Å². The highest BCUT2D eigenvalue weighted by atomic mass is 35.5. The number of hydrogen-bond donors (Lipinski definition) is 0. The molecule has 0 saturated heterocycles. The summed E-state index contributed by atoms with van der Waals surface area (Å²) in [6.07, 6.45) is 9.23. The summed E-state index contributed by atoms with van der Waals surface area (Å²) < 4.78 is 8.23. The smallest absolute Gasteiger partial charge is 0.330 e. The fourth-order valence-corrected chi connectivity index (χ4v) is 3.57. The SMILES string of the molecule is O=C(/C=C/c1sc2ccccc2c1Cl)OCCCn1ccnc1. The van der Waals surface area contributed by atoms with Crippen molar-refractivity contribution in [2.75, 3.05) is 6.61 Å². The summed E-state index contributed by atoms with van der Waals surface area (Å²) in [5.74, 6) is -0.357. The number of aromatic nitrogens is 2. The minimum absolute atomic E-state index is 0.357. The van der Waals surface area contributed by atoms with Crippen LogP contribution in [0.25, 0.3) is 16.2 Å². The van der Waals surface area contributed by atoms with Crippen LogP contribution in [0.4, 0.5) is 0 Å². The number of esters is 1. The van der Waals surface area contributed by atoms with Crippen molar-refractivity contribution in [1.29, 1.82) is 0 Å². The summed E-state index contributed by atoms with van der Waals surface area (Å²) >= 11 is 7.88. The lowest BCUT2D eigenvalue weighted by molar-refractivity contribution is -0.137. The average Bonchev–Trinajstić information content (AvgIpc) is 3.18. The molecule has 2 heterocycles. The lowest BCUT2D eigenvalue weighted by Gasteiger charge is -2.02. The van der Waals surface area contributed by atoms with E-state index in [9.17, 15) is 4.79 Å². The first-order valence-corrected chi connectivity index (χ1v) is 8.41. The van der Waals surface area contributed by atoms with Crippen LogP contribution in [0.5, 0.6) is 0 Å². The largest absolute Gasteiger partial charge is 0.462 e. The van der Waals surface area contributed by atoms with Crippen LogP contribution >= 0.6 is 22.9 Å². The minimum atomic E-state index is -0.357. The molecule has 118 valence electrons. The van der Waals surface area contributed by atoms with Crippen LogP contribution in [0, 0.1) is 0 Å². The Morgan fingerprint density at radius 1 is 1.39 bits per heavy atom. The van der Waals surface area contributed by atoms with E-state index in [2.05, 4.69) is 4.98 Å². The van der Waals surface area contributed by atoms with Crippen LogP contribution in [0.2, 0.25) is 5.02 Å². The van der Waals surface area contributed by atoms with Gasteiger partial charge in [-0.1, -0.05) is 29.8 Å². The Balaban J connectivity index is 1.52. The normalized spacial score (nSPS) is 11.3. The number of nitrogens with zero attached hydrogens (tertiary/aromatic N) is 2. The van der Waals surface area contributed by atoms with Crippen LogP contribution in [-0.2, 0) is 16.1 Å². The van der Waals surface area contributed by atoms with Gasteiger partial charge in [0.1, 0.15) is 0 Å². The monoisotopic (exact) mass is 346 g/mol. The average molecular weight is 347 g/mol. The second kappa shape index (κ2) is 7.44. The van der Waals surface area contributed by atoms with Gasteiger partial charge in [-0.05, 0) is 18.6 Å². The molecule has 0 aliphatic rings. The number of carbonyl (C=O) groups is 1. The fraction of sp³-hybridized carbons (Fsp3) is 0.176. The van der Waals surface area contributed by atoms with Gasteiger partial charge >= 0.3 is 5.97 Å². The van der Waals surface area contributed by atoms with Crippen molar-refractivity contribution in [3.63, 3.8) is 0 Å². The molecule has 3 aromatic rings. The van der Waals surface area contributed by atoms with Crippen LogP contribution in [0.1, 0.15) is 11.3 Å². The topological polar surface area (TPSA) is 44.1 Å². The number of benzene rings is 1. The molecule has 1 aromatic carbocycles. The van der Waals surface area contributed by atoms with Crippen LogP contribution in [0.15, 0.2) is 49.1 Å². The number of halogens is 1. The number of carbonyl (C=O) groups excluding carboxylic acids is 1. The van der Waals surface area contributed by atoms with Crippen molar-refractivity contribution in [3.8, 4) is 0 Å². The molecule has 0 atom stereocenters. The zero-order chi connectivity index (χ0) is 16.1. The van der Waals surface area contributed by atoms with Crippen molar-refractivity contribution >= 4 is 45.1 Å². The third-order valence-corrected chi connectivity index (χ3v) is 4.95. The molecule has 3 rings (SSSR count). The Labute approximate surface area is 143 Å². The number of thiophene rings is 1. The molecular formula is C17H15ClN2O2S. The molecule has 0 aliphatic carbocycles. The summed E-state index contributed by atoms with van der Waals surface area (Å²) in [5, 5.41) is 1.68. The van der Waals surface area contributed by atoms with Crippen molar-refractivity contribution < 1.29 is 9.53 Å². The van der Waals surface area contributed by atoms with E-state index in [-0.39, 0.29) is 5.97 Å². The van der Waals surface area contributed by atoms with E-state index in [4.69, 9.17) is 16.3 Å². The van der Waals surface area contributed by atoms with E-state index >= 15 is 0 Å². The van der Waals surface area contributed by atoms with Gasteiger partial charge in [-0.25, -0.2) is 9.78 Å². The van der Waals surface area contributed by atoms with E-state index in [1.165, 1.54) is 6.08 Å². The predicted molar refractivity (Wildman–Crippen MR) is 93.7 cm³/mol. The quantitative estimate of drug-likeness (QED) is 0.377.